The first-order valence-electron chi connectivity index (χ1n) is 6.89. The molecular formula is C14H24N4O2S. The van der Waals surface area contributed by atoms with Gasteiger partial charge in [0, 0.05) is 27.2 Å². The summed E-state index contributed by atoms with van der Waals surface area (Å²) in [6.45, 7) is 4.13. The number of hydrogen-bond acceptors (Lipinski definition) is 4. The third kappa shape index (κ3) is 7.10. The summed E-state index contributed by atoms with van der Waals surface area (Å²) in [5.41, 5.74) is 1.31. The highest BCUT2D eigenvalue weighted by Crippen LogP contribution is 2.16. The van der Waals surface area contributed by atoms with Crippen molar-refractivity contribution in [3.63, 3.8) is 0 Å². The molecule has 7 heteroatoms. The van der Waals surface area contributed by atoms with Crippen LogP contribution in [0, 0.1) is 0 Å². The number of nitrogens with zero attached hydrogens (tertiary/aromatic N) is 1. The molecule has 0 radical (unpaired) electrons. The molecule has 118 valence electrons. The monoisotopic (exact) mass is 312 g/mol. The van der Waals surface area contributed by atoms with E-state index in [1.54, 1.807) is 25.5 Å². The quantitative estimate of drug-likeness (QED) is 0.377. The van der Waals surface area contributed by atoms with Crippen molar-refractivity contribution in [1.29, 1.82) is 0 Å². The third-order valence-corrected chi connectivity index (χ3v) is 3.66. The number of thiophene rings is 1. The number of carbonyl (C=O) groups excluding carboxylic acids is 1. The normalized spacial score (nSPS) is 12.8. The Labute approximate surface area is 130 Å². The average molecular weight is 312 g/mol. The second kappa shape index (κ2) is 10.2. The van der Waals surface area contributed by atoms with Crippen molar-refractivity contribution in [1.82, 2.24) is 16.0 Å². The standard InChI is InChI=1S/C14H24N4O2S/c1-11(12-4-7-21-10-12)8-17-14(15-2)18-9-13(19)16-5-6-20-3/h4,7,10-11H,5-6,8-9H2,1-3H3,(H,16,19)(H2,15,17,18). The topological polar surface area (TPSA) is 74.8 Å². The summed E-state index contributed by atoms with van der Waals surface area (Å²) < 4.78 is 4.87. The predicted octanol–water partition coefficient (Wildman–Crippen LogP) is 0.779. The fraction of sp³-hybridized carbons (Fsp3) is 0.571. The van der Waals surface area contributed by atoms with Crippen LogP contribution in [-0.4, -0.2) is 52.3 Å². The highest BCUT2D eigenvalue weighted by Gasteiger charge is 2.08. The molecule has 1 amide bonds. The van der Waals surface area contributed by atoms with Crippen LogP contribution in [0.3, 0.4) is 0 Å². The minimum atomic E-state index is -0.0825. The van der Waals surface area contributed by atoms with Gasteiger partial charge in [-0.1, -0.05) is 6.92 Å². The molecule has 1 aromatic heterocycles. The van der Waals surface area contributed by atoms with Crippen LogP contribution in [0.15, 0.2) is 21.8 Å². The zero-order chi connectivity index (χ0) is 15.5. The van der Waals surface area contributed by atoms with Crippen molar-refractivity contribution in [3.8, 4) is 0 Å². The number of rotatable bonds is 8. The van der Waals surface area contributed by atoms with Crippen LogP contribution in [0.2, 0.25) is 0 Å². The molecule has 1 heterocycles. The Bertz CT molecular complexity index is 434. The largest absolute Gasteiger partial charge is 0.383 e. The first-order valence-corrected chi connectivity index (χ1v) is 7.84. The van der Waals surface area contributed by atoms with Crippen LogP contribution in [0.4, 0.5) is 0 Å². The lowest BCUT2D eigenvalue weighted by Crippen LogP contribution is -2.44. The van der Waals surface area contributed by atoms with E-state index in [4.69, 9.17) is 4.74 Å². The van der Waals surface area contributed by atoms with Crippen molar-refractivity contribution >= 4 is 23.2 Å². The third-order valence-electron chi connectivity index (χ3n) is 2.96. The Morgan fingerprint density at radius 1 is 1.43 bits per heavy atom. The second-order valence-electron chi connectivity index (χ2n) is 4.61. The maximum absolute atomic E-state index is 11.6. The van der Waals surface area contributed by atoms with E-state index < -0.39 is 0 Å². The molecule has 0 aromatic carbocycles. The fourth-order valence-corrected chi connectivity index (χ4v) is 2.44. The van der Waals surface area contributed by atoms with E-state index in [1.165, 1.54) is 5.56 Å². The van der Waals surface area contributed by atoms with Crippen LogP contribution in [0.25, 0.3) is 0 Å². The lowest BCUT2D eigenvalue weighted by atomic mass is 10.1. The van der Waals surface area contributed by atoms with Crippen LogP contribution >= 0.6 is 11.3 Å². The molecule has 0 fully saturated rings. The number of amides is 1. The Balaban J connectivity index is 2.24. The summed E-state index contributed by atoms with van der Waals surface area (Å²) in [6.07, 6.45) is 0. The van der Waals surface area contributed by atoms with Crippen molar-refractivity contribution in [2.75, 3.05) is 40.4 Å². The van der Waals surface area contributed by atoms with Crippen molar-refractivity contribution in [2.45, 2.75) is 12.8 Å². The number of hydrogen-bond donors (Lipinski definition) is 3. The molecule has 0 saturated heterocycles. The van der Waals surface area contributed by atoms with Crippen LogP contribution < -0.4 is 16.0 Å². The lowest BCUT2D eigenvalue weighted by Gasteiger charge is -2.15. The van der Waals surface area contributed by atoms with Gasteiger partial charge in [0.1, 0.15) is 0 Å². The van der Waals surface area contributed by atoms with Gasteiger partial charge >= 0.3 is 0 Å². The van der Waals surface area contributed by atoms with E-state index in [0.29, 0.717) is 25.0 Å². The Hall–Kier alpha value is -1.60. The Morgan fingerprint density at radius 2 is 2.24 bits per heavy atom. The molecule has 0 saturated carbocycles. The summed E-state index contributed by atoms with van der Waals surface area (Å²) in [5.74, 6) is 0.935. The molecule has 0 aliphatic heterocycles. The van der Waals surface area contributed by atoms with Gasteiger partial charge in [0.05, 0.1) is 13.2 Å². The molecule has 3 N–H and O–H groups in total. The van der Waals surface area contributed by atoms with Gasteiger partial charge in [-0.05, 0) is 28.3 Å². The molecule has 1 unspecified atom stereocenters. The van der Waals surface area contributed by atoms with E-state index in [-0.39, 0.29) is 12.5 Å². The van der Waals surface area contributed by atoms with E-state index in [0.717, 1.165) is 6.54 Å². The van der Waals surface area contributed by atoms with Gasteiger partial charge in [0.25, 0.3) is 0 Å². The van der Waals surface area contributed by atoms with Gasteiger partial charge in [0.15, 0.2) is 5.96 Å². The smallest absolute Gasteiger partial charge is 0.239 e. The number of carbonyl (C=O) groups is 1. The van der Waals surface area contributed by atoms with E-state index in [9.17, 15) is 4.79 Å². The van der Waals surface area contributed by atoms with Crippen LogP contribution in [0.5, 0.6) is 0 Å². The Kier molecular flexibility index (Phi) is 8.45. The van der Waals surface area contributed by atoms with Gasteiger partial charge < -0.3 is 20.7 Å². The maximum Gasteiger partial charge on any atom is 0.239 e. The molecule has 1 rings (SSSR count). The second-order valence-corrected chi connectivity index (χ2v) is 5.39. The average Bonchev–Trinajstić information content (AvgIpc) is 3.01. The van der Waals surface area contributed by atoms with Gasteiger partial charge in [-0.25, -0.2) is 0 Å². The number of aliphatic imine (C=N–C) groups is 1. The molecule has 0 aliphatic rings. The number of methoxy groups -OCH3 is 1. The summed E-state index contributed by atoms with van der Waals surface area (Å²) in [5, 5.41) is 13.2. The molecule has 1 atom stereocenters. The predicted molar refractivity (Wildman–Crippen MR) is 87.0 cm³/mol. The van der Waals surface area contributed by atoms with E-state index in [2.05, 4.69) is 44.7 Å². The maximum atomic E-state index is 11.6. The van der Waals surface area contributed by atoms with Gasteiger partial charge in [-0.15, -0.1) is 0 Å². The first kappa shape index (κ1) is 17.5. The molecular weight excluding hydrogens is 288 g/mol. The van der Waals surface area contributed by atoms with Crippen molar-refractivity contribution in [3.05, 3.63) is 22.4 Å². The minimum absolute atomic E-state index is 0.0825. The summed E-state index contributed by atoms with van der Waals surface area (Å²) >= 11 is 1.69. The molecule has 6 nitrogen and oxygen atoms in total. The van der Waals surface area contributed by atoms with Crippen LogP contribution in [0.1, 0.15) is 18.4 Å². The summed E-state index contributed by atoms with van der Waals surface area (Å²) in [4.78, 5) is 15.7. The van der Waals surface area contributed by atoms with E-state index >= 15 is 0 Å². The molecule has 1 aromatic rings. The summed E-state index contributed by atoms with van der Waals surface area (Å²) in [7, 11) is 3.29. The number of nitrogens with one attached hydrogen (secondary N) is 3. The molecule has 0 aliphatic carbocycles. The highest BCUT2D eigenvalue weighted by molar-refractivity contribution is 7.07. The SMILES string of the molecule is CN=C(NCC(=O)NCCOC)NCC(C)c1ccsc1. The number of ether oxygens (including phenoxy) is 1. The fourth-order valence-electron chi connectivity index (χ4n) is 1.66. The lowest BCUT2D eigenvalue weighted by molar-refractivity contribution is -0.120. The zero-order valence-electron chi connectivity index (χ0n) is 12.8. The molecule has 21 heavy (non-hydrogen) atoms. The molecule has 0 bridgehead atoms. The molecule has 0 spiro atoms. The van der Waals surface area contributed by atoms with Gasteiger partial charge in [0.2, 0.25) is 5.91 Å². The van der Waals surface area contributed by atoms with Gasteiger partial charge in [-0.2, -0.15) is 11.3 Å². The Morgan fingerprint density at radius 3 is 2.86 bits per heavy atom. The van der Waals surface area contributed by atoms with Crippen molar-refractivity contribution in [2.24, 2.45) is 4.99 Å². The highest BCUT2D eigenvalue weighted by atomic mass is 32.1. The van der Waals surface area contributed by atoms with Gasteiger partial charge in [-0.3, -0.25) is 9.79 Å². The van der Waals surface area contributed by atoms with E-state index in [1.807, 2.05) is 0 Å². The summed E-state index contributed by atoms with van der Waals surface area (Å²) in [6, 6.07) is 2.12. The van der Waals surface area contributed by atoms with Crippen LogP contribution in [-0.2, 0) is 9.53 Å². The van der Waals surface area contributed by atoms with Crippen molar-refractivity contribution < 1.29 is 9.53 Å². The number of guanidine groups is 1. The minimum Gasteiger partial charge on any atom is -0.383 e. The first-order chi connectivity index (χ1) is 10.2. The zero-order valence-corrected chi connectivity index (χ0v) is 13.6.